The maximum Gasteiger partial charge on any atom is 0.319 e. The van der Waals surface area contributed by atoms with Crippen LogP contribution in [0.2, 0.25) is 0 Å². The summed E-state index contributed by atoms with van der Waals surface area (Å²) in [6.07, 6.45) is 3.50. The molecule has 0 aliphatic rings. The van der Waals surface area contributed by atoms with Crippen LogP contribution < -0.4 is 10.6 Å². The number of urea groups is 1. The topological polar surface area (TPSA) is 41.1 Å². The van der Waals surface area contributed by atoms with Crippen molar-refractivity contribution in [2.24, 2.45) is 0 Å². The quantitative estimate of drug-likeness (QED) is 0.745. The van der Waals surface area contributed by atoms with E-state index in [2.05, 4.69) is 36.6 Å². The number of hydrogen-bond donors (Lipinski definition) is 2. The Kier molecular flexibility index (Phi) is 6.05. The van der Waals surface area contributed by atoms with Crippen molar-refractivity contribution in [1.29, 1.82) is 0 Å². The van der Waals surface area contributed by atoms with E-state index in [1.807, 2.05) is 32.9 Å². The Hall–Kier alpha value is -1.51. The zero-order chi connectivity index (χ0) is 15.2. The van der Waals surface area contributed by atoms with Gasteiger partial charge in [-0.1, -0.05) is 32.4 Å². The Balaban J connectivity index is 0. The highest BCUT2D eigenvalue weighted by molar-refractivity contribution is 5.89. The van der Waals surface area contributed by atoms with Crippen LogP contribution in [0, 0.1) is 0 Å². The highest BCUT2D eigenvalue weighted by atomic mass is 16.2. The SMILES string of the molecule is CCCC(CC)c1cccc(NC(=O)NC(C)(C)C)c1.[HH].[HH]. The normalized spacial score (nSPS) is 12.8. The molecule has 20 heavy (non-hydrogen) atoms. The van der Waals surface area contributed by atoms with Gasteiger partial charge in [0.2, 0.25) is 0 Å². The molecule has 0 aliphatic heterocycles. The van der Waals surface area contributed by atoms with E-state index in [-0.39, 0.29) is 14.4 Å². The maximum absolute atomic E-state index is 11.9. The lowest BCUT2D eigenvalue weighted by atomic mass is 9.92. The summed E-state index contributed by atoms with van der Waals surface area (Å²) in [6.45, 7) is 10.3. The third-order valence-corrected chi connectivity index (χ3v) is 3.23. The molecule has 1 aromatic rings. The minimum atomic E-state index is -0.226. The lowest BCUT2D eigenvalue weighted by Crippen LogP contribution is -2.43. The Morgan fingerprint density at radius 1 is 1.30 bits per heavy atom. The molecule has 0 spiro atoms. The first-order chi connectivity index (χ1) is 9.35. The van der Waals surface area contributed by atoms with Crippen LogP contribution >= 0.6 is 0 Å². The minimum absolute atomic E-state index is 0. The van der Waals surface area contributed by atoms with E-state index < -0.39 is 0 Å². The summed E-state index contributed by atoms with van der Waals surface area (Å²) >= 11 is 0. The summed E-state index contributed by atoms with van der Waals surface area (Å²) in [6, 6.07) is 8.03. The van der Waals surface area contributed by atoms with Crippen molar-refractivity contribution in [3.63, 3.8) is 0 Å². The molecule has 2 amide bonds. The van der Waals surface area contributed by atoms with Crippen molar-refractivity contribution in [2.45, 2.75) is 65.3 Å². The summed E-state index contributed by atoms with van der Waals surface area (Å²) in [7, 11) is 0. The molecule has 0 heterocycles. The number of rotatable bonds is 5. The fourth-order valence-corrected chi connectivity index (χ4v) is 2.33. The van der Waals surface area contributed by atoms with Gasteiger partial charge in [-0.2, -0.15) is 0 Å². The van der Waals surface area contributed by atoms with Gasteiger partial charge in [0.1, 0.15) is 0 Å². The second-order valence-corrected chi connectivity index (χ2v) is 6.35. The van der Waals surface area contributed by atoms with E-state index in [0.29, 0.717) is 5.92 Å². The van der Waals surface area contributed by atoms with E-state index in [1.165, 1.54) is 18.4 Å². The van der Waals surface area contributed by atoms with Gasteiger partial charge < -0.3 is 10.6 Å². The van der Waals surface area contributed by atoms with Gasteiger partial charge in [-0.15, -0.1) is 0 Å². The first kappa shape index (κ1) is 16.5. The number of amides is 2. The highest BCUT2D eigenvalue weighted by Crippen LogP contribution is 2.26. The highest BCUT2D eigenvalue weighted by Gasteiger charge is 2.14. The Labute approximate surface area is 126 Å². The summed E-state index contributed by atoms with van der Waals surface area (Å²) in [5, 5.41) is 5.82. The van der Waals surface area contributed by atoms with E-state index in [1.54, 1.807) is 0 Å². The minimum Gasteiger partial charge on any atom is -0.333 e. The molecule has 1 aromatic carbocycles. The molecular formula is C17H32N2O. The number of benzene rings is 1. The first-order valence-electron chi connectivity index (χ1n) is 7.54. The second kappa shape index (κ2) is 7.32. The van der Waals surface area contributed by atoms with Gasteiger partial charge in [0.05, 0.1) is 0 Å². The number of hydrogen-bond acceptors (Lipinski definition) is 1. The molecule has 0 aliphatic carbocycles. The van der Waals surface area contributed by atoms with Crippen LogP contribution in [0.4, 0.5) is 10.5 Å². The summed E-state index contributed by atoms with van der Waals surface area (Å²) in [4.78, 5) is 11.9. The fourth-order valence-electron chi connectivity index (χ4n) is 2.33. The van der Waals surface area contributed by atoms with Crippen LogP contribution in [0.25, 0.3) is 0 Å². The van der Waals surface area contributed by atoms with Crippen LogP contribution in [-0.2, 0) is 0 Å². The summed E-state index contributed by atoms with van der Waals surface area (Å²) < 4.78 is 0. The molecule has 2 N–H and O–H groups in total. The van der Waals surface area contributed by atoms with Crippen LogP contribution in [-0.4, -0.2) is 11.6 Å². The van der Waals surface area contributed by atoms with E-state index in [4.69, 9.17) is 0 Å². The van der Waals surface area contributed by atoms with Crippen molar-refractivity contribution in [2.75, 3.05) is 5.32 Å². The zero-order valence-electron chi connectivity index (χ0n) is 13.4. The molecule has 1 atom stereocenters. The zero-order valence-corrected chi connectivity index (χ0v) is 13.4. The van der Waals surface area contributed by atoms with Crippen molar-refractivity contribution >= 4 is 11.7 Å². The third kappa shape index (κ3) is 5.64. The van der Waals surface area contributed by atoms with Crippen LogP contribution in [0.5, 0.6) is 0 Å². The Bertz CT molecular complexity index is 445. The molecule has 0 saturated carbocycles. The lowest BCUT2D eigenvalue weighted by Gasteiger charge is -2.21. The third-order valence-electron chi connectivity index (χ3n) is 3.23. The molecule has 3 nitrogen and oxygen atoms in total. The van der Waals surface area contributed by atoms with E-state index in [9.17, 15) is 4.79 Å². The second-order valence-electron chi connectivity index (χ2n) is 6.35. The van der Waals surface area contributed by atoms with Crippen LogP contribution in [0.3, 0.4) is 0 Å². The van der Waals surface area contributed by atoms with Crippen molar-refractivity contribution < 1.29 is 7.65 Å². The summed E-state index contributed by atoms with van der Waals surface area (Å²) in [5.41, 5.74) is 1.94. The molecule has 1 unspecified atom stereocenters. The van der Waals surface area contributed by atoms with Gasteiger partial charge in [0.15, 0.2) is 0 Å². The molecule has 0 bridgehead atoms. The van der Waals surface area contributed by atoms with Crippen molar-refractivity contribution in [1.82, 2.24) is 5.32 Å². The molecule has 0 radical (unpaired) electrons. The number of nitrogens with one attached hydrogen (secondary N) is 2. The fraction of sp³-hybridized carbons (Fsp3) is 0.588. The van der Waals surface area contributed by atoms with Crippen molar-refractivity contribution in [3.8, 4) is 0 Å². The number of carbonyl (C=O) groups is 1. The number of carbonyl (C=O) groups excluding carboxylic acids is 1. The van der Waals surface area contributed by atoms with Crippen LogP contribution in [0.1, 0.15) is 68.2 Å². The largest absolute Gasteiger partial charge is 0.333 e. The van der Waals surface area contributed by atoms with Gasteiger partial charge in [-0.3, -0.25) is 0 Å². The molecule has 0 aromatic heterocycles. The van der Waals surface area contributed by atoms with E-state index >= 15 is 0 Å². The molecule has 0 saturated heterocycles. The van der Waals surface area contributed by atoms with Gasteiger partial charge in [-0.25, -0.2) is 4.79 Å². The summed E-state index contributed by atoms with van der Waals surface area (Å²) in [5.74, 6) is 0.576. The van der Waals surface area contributed by atoms with Crippen molar-refractivity contribution in [3.05, 3.63) is 29.8 Å². The van der Waals surface area contributed by atoms with Crippen LogP contribution in [0.15, 0.2) is 24.3 Å². The van der Waals surface area contributed by atoms with Gasteiger partial charge >= 0.3 is 6.03 Å². The van der Waals surface area contributed by atoms with Gasteiger partial charge in [0.25, 0.3) is 0 Å². The average molecular weight is 280 g/mol. The molecule has 1 rings (SSSR count). The van der Waals surface area contributed by atoms with Gasteiger partial charge in [-0.05, 0) is 57.2 Å². The number of anilines is 1. The smallest absolute Gasteiger partial charge is 0.319 e. The van der Waals surface area contributed by atoms with E-state index in [0.717, 1.165) is 12.1 Å². The maximum atomic E-state index is 11.9. The lowest BCUT2D eigenvalue weighted by molar-refractivity contribution is 0.244. The predicted octanol–water partition coefficient (Wildman–Crippen LogP) is 5.39. The Morgan fingerprint density at radius 2 is 2.00 bits per heavy atom. The molecule has 3 heteroatoms. The first-order valence-corrected chi connectivity index (χ1v) is 7.54. The van der Waals surface area contributed by atoms with Gasteiger partial charge in [0, 0.05) is 14.1 Å². The molecule has 116 valence electrons. The predicted molar refractivity (Wildman–Crippen MR) is 90.5 cm³/mol. The molecular weight excluding hydrogens is 248 g/mol. The molecule has 0 fully saturated rings. The monoisotopic (exact) mass is 280 g/mol. The Morgan fingerprint density at radius 3 is 2.55 bits per heavy atom. The standard InChI is InChI=1S/C17H28N2O.2H2/c1-6-9-13(7-2)14-10-8-11-15(12-14)18-16(20)19-17(3,4)5;;/h8,10-13H,6-7,9H2,1-5H3,(H2,18,19,20);2*1H. The average Bonchev–Trinajstić information content (AvgIpc) is 2.33.